The molecule has 2 aromatic rings. The number of nitrogens with zero attached hydrogens (tertiary/aromatic N) is 2. The molecule has 2 heterocycles. The van der Waals surface area contributed by atoms with Gasteiger partial charge in [-0.25, -0.2) is 0 Å². The van der Waals surface area contributed by atoms with E-state index in [1.54, 1.807) is 0 Å². The first kappa shape index (κ1) is 19.0. The smallest absolute Gasteiger partial charge is 0.293 e. The van der Waals surface area contributed by atoms with E-state index in [9.17, 15) is 9.59 Å². The van der Waals surface area contributed by atoms with Crippen molar-refractivity contribution in [2.24, 2.45) is 0 Å². The minimum atomic E-state index is -0.193. The van der Waals surface area contributed by atoms with Gasteiger partial charge in [0.1, 0.15) is 0 Å². The van der Waals surface area contributed by atoms with Crippen LogP contribution in [0.5, 0.6) is 0 Å². The number of halogens is 1. The lowest BCUT2D eigenvalue weighted by Crippen LogP contribution is -2.36. The van der Waals surface area contributed by atoms with Gasteiger partial charge in [-0.1, -0.05) is 28.9 Å². The molecular weight excluding hydrogens is 412 g/mol. The van der Waals surface area contributed by atoms with E-state index in [1.165, 1.54) is 4.90 Å². The van der Waals surface area contributed by atoms with Crippen molar-refractivity contribution in [2.45, 2.75) is 40.2 Å². The third-order valence-electron chi connectivity index (χ3n) is 4.68. The highest BCUT2D eigenvalue weighted by atomic mass is 79.9. The predicted octanol–water partition coefficient (Wildman–Crippen LogP) is 5.69. The summed E-state index contributed by atoms with van der Waals surface area (Å²) in [5.74, 6) is -0.193. The normalized spacial score (nSPS) is 17.4. The van der Waals surface area contributed by atoms with Crippen LogP contribution < -0.4 is 0 Å². The van der Waals surface area contributed by atoms with Crippen LogP contribution in [0.2, 0.25) is 0 Å². The third-order valence-corrected chi connectivity index (χ3v) is 6.06. The van der Waals surface area contributed by atoms with E-state index in [4.69, 9.17) is 0 Å². The molecule has 26 heavy (non-hydrogen) atoms. The summed E-state index contributed by atoms with van der Waals surface area (Å²) in [7, 11) is 0. The van der Waals surface area contributed by atoms with Crippen LogP contribution in [0.15, 0.2) is 39.7 Å². The molecule has 0 bridgehead atoms. The number of imide groups is 1. The minimum Gasteiger partial charge on any atom is -0.318 e. The van der Waals surface area contributed by atoms with E-state index >= 15 is 0 Å². The molecule has 6 heteroatoms. The van der Waals surface area contributed by atoms with E-state index < -0.39 is 0 Å². The molecule has 3 rings (SSSR count). The molecule has 1 fully saturated rings. The van der Waals surface area contributed by atoms with Gasteiger partial charge < -0.3 is 4.57 Å². The number of benzene rings is 1. The number of rotatable bonds is 4. The Balaban J connectivity index is 1.99. The van der Waals surface area contributed by atoms with E-state index in [0.717, 1.165) is 45.3 Å². The molecule has 136 valence electrons. The Bertz CT molecular complexity index is 917. The van der Waals surface area contributed by atoms with Gasteiger partial charge in [0.25, 0.3) is 11.1 Å². The Hall–Kier alpha value is -1.79. The molecule has 4 nitrogen and oxygen atoms in total. The fraction of sp³-hybridized carbons (Fsp3) is 0.300. The summed E-state index contributed by atoms with van der Waals surface area (Å²) < 4.78 is 3.16. The summed E-state index contributed by atoms with van der Waals surface area (Å²) in [6.45, 7) is 7.94. The summed E-state index contributed by atoms with van der Waals surface area (Å²) >= 11 is 4.54. The summed E-state index contributed by atoms with van der Waals surface area (Å²) in [5, 5.41) is -0.184. The molecule has 1 aromatic carbocycles. The minimum absolute atomic E-state index is 0.0810. The number of carbonyl (C=O) groups excluding carboxylic acids is 2. The molecule has 0 radical (unpaired) electrons. The first-order valence-corrected chi connectivity index (χ1v) is 10.2. The molecule has 0 unspecified atom stereocenters. The van der Waals surface area contributed by atoms with E-state index in [1.807, 2.05) is 58.0 Å². The Morgan fingerprint density at radius 3 is 2.62 bits per heavy atom. The number of carbonyl (C=O) groups is 2. The van der Waals surface area contributed by atoms with Crippen LogP contribution in [0.4, 0.5) is 4.79 Å². The molecule has 1 saturated heterocycles. The van der Waals surface area contributed by atoms with Crippen LogP contribution in [-0.4, -0.2) is 26.7 Å². The highest BCUT2D eigenvalue weighted by molar-refractivity contribution is 9.10. The second kappa shape index (κ2) is 7.45. The average molecular weight is 433 g/mol. The summed E-state index contributed by atoms with van der Waals surface area (Å²) in [4.78, 5) is 26.7. The quantitative estimate of drug-likeness (QED) is 0.582. The molecule has 0 saturated carbocycles. The SMILES string of the molecule is CC[C@@H](C)N1C(=O)S/C(=C/c2cc(C)n(-c3cccc(Br)c3)c2C)C1=O. The van der Waals surface area contributed by atoms with Crippen LogP contribution in [-0.2, 0) is 4.79 Å². The highest BCUT2D eigenvalue weighted by Crippen LogP contribution is 2.35. The van der Waals surface area contributed by atoms with Crippen LogP contribution in [0.3, 0.4) is 0 Å². The third kappa shape index (κ3) is 3.40. The Kier molecular flexibility index (Phi) is 5.44. The Morgan fingerprint density at radius 1 is 1.23 bits per heavy atom. The average Bonchev–Trinajstić information content (AvgIpc) is 3.03. The maximum absolute atomic E-state index is 12.6. The van der Waals surface area contributed by atoms with Gasteiger partial charge in [0.2, 0.25) is 0 Å². The van der Waals surface area contributed by atoms with Crippen molar-refractivity contribution < 1.29 is 9.59 Å². The zero-order valence-electron chi connectivity index (χ0n) is 15.2. The molecule has 2 amide bonds. The largest absolute Gasteiger partial charge is 0.318 e. The number of hydrogen-bond donors (Lipinski definition) is 0. The van der Waals surface area contributed by atoms with Gasteiger partial charge in [-0.15, -0.1) is 0 Å². The van der Waals surface area contributed by atoms with Crippen molar-refractivity contribution in [1.82, 2.24) is 9.47 Å². The number of amides is 2. The lowest BCUT2D eigenvalue weighted by Gasteiger charge is -2.19. The molecular formula is C20H21BrN2O2S. The highest BCUT2D eigenvalue weighted by Gasteiger charge is 2.37. The fourth-order valence-corrected chi connectivity index (χ4v) is 4.44. The second-order valence-corrected chi connectivity index (χ2v) is 8.36. The van der Waals surface area contributed by atoms with Crippen LogP contribution in [0.1, 0.15) is 37.2 Å². The molecule has 1 atom stereocenters. The van der Waals surface area contributed by atoms with Gasteiger partial charge in [0, 0.05) is 27.6 Å². The van der Waals surface area contributed by atoms with Crippen molar-refractivity contribution in [3.8, 4) is 5.69 Å². The van der Waals surface area contributed by atoms with Gasteiger partial charge in [-0.3, -0.25) is 14.5 Å². The number of hydrogen-bond acceptors (Lipinski definition) is 3. The monoisotopic (exact) mass is 432 g/mol. The lowest BCUT2D eigenvalue weighted by atomic mass is 10.2. The van der Waals surface area contributed by atoms with E-state index in [2.05, 4.69) is 26.6 Å². The predicted molar refractivity (Wildman–Crippen MR) is 111 cm³/mol. The van der Waals surface area contributed by atoms with Crippen molar-refractivity contribution in [2.75, 3.05) is 0 Å². The van der Waals surface area contributed by atoms with Gasteiger partial charge in [0.15, 0.2) is 0 Å². The van der Waals surface area contributed by atoms with Crippen LogP contribution in [0, 0.1) is 13.8 Å². The standard InChI is InChI=1S/C20H21BrN2O2S/c1-5-12(2)23-19(24)18(26-20(23)25)10-15-9-13(3)22(14(15)4)17-8-6-7-16(21)11-17/h6-12H,5H2,1-4H3/b18-10+/t12-/m1/s1. The van der Waals surface area contributed by atoms with Gasteiger partial charge in [-0.05, 0) is 74.9 Å². The zero-order chi connectivity index (χ0) is 19.0. The molecule has 1 aromatic heterocycles. The number of thioether (sulfide) groups is 1. The second-order valence-electron chi connectivity index (χ2n) is 6.45. The number of aryl methyl sites for hydroxylation is 1. The first-order valence-electron chi connectivity index (χ1n) is 8.55. The summed E-state index contributed by atoms with van der Waals surface area (Å²) in [6, 6.07) is 10.1. The maximum Gasteiger partial charge on any atom is 0.293 e. The van der Waals surface area contributed by atoms with Crippen LogP contribution >= 0.6 is 27.7 Å². The van der Waals surface area contributed by atoms with E-state index in [0.29, 0.717) is 4.91 Å². The maximum atomic E-state index is 12.6. The van der Waals surface area contributed by atoms with Crippen LogP contribution in [0.25, 0.3) is 11.8 Å². The lowest BCUT2D eigenvalue weighted by molar-refractivity contribution is -0.124. The number of aromatic nitrogens is 1. The van der Waals surface area contributed by atoms with Gasteiger partial charge >= 0.3 is 0 Å². The fourth-order valence-electron chi connectivity index (χ4n) is 3.13. The zero-order valence-corrected chi connectivity index (χ0v) is 17.6. The van der Waals surface area contributed by atoms with Crippen molar-refractivity contribution in [1.29, 1.82) is 0 Å². The van der Waals surface area contributed by atoms with E-state index in [-0.39, 0.29) is 17.2 Å². The molecule has 0 spiro atoms. The Labute approximate surface area is 166 Å². The Morgan fingerprint density at radius 2 is 1.96 bits per heavy atom. The molecule has 0 aliphatic carbocycles. The molecule has 1 aliphatic heterocycles. The summed E-state index contributed by atoms with van der Waals surface area (Å²) in [5.41, 5.74) is 4.13. The van der Waals surface area contributed by atoms with Crippen molar-refractivity contribution >= 4 is 44.9 Å². The molecule has 0 N–H and O–H groups in total. The van der Waals surface area contributed by atoms with Gasteiger partial charge in [0.05, 0.1) is 4.91 Å². The topological polar surface area (TPSA) is 42.3 Å². The van der Waals surface area contributed by atoms with Crippen molar-refractivity contribution in [3.05, 3.63) is 56.7 Å². The first-order chi connectivity index (χ1) is 12.3. The molecule has 1 aliphatic rings. The summed E-state index contributed by atoms with van der Waals surface area (Å²) in [6.07, 6.45) is 2.59. The van der Waals surface area contributed by atoms with Gasteiger partial charge in [-0.2, -0.15) is 0 Å². The van der Waals surface area contributed by atoms with Crippen molar-refractivity contribution in [3.63, 3.8) is 0 Å².